The molecule has 0 atom stereocenters. The number of fused-ring (bicyclic) bond motifs is 1. The summed E-state index contributed by atoms with van der Waals surface area (Å²) in [5.74, 6) is 0.481. The normalized spacial score (nSPS) is 18.2. The van der Waals surface area contributed by atoms with Crippen LogP contribution in [0.5, 0.6) is 0 Å². The Hall–Kier alpha value is -3.00. The third-order valence-corrected chi connectivity index (χ3v) is 6.21. The fourth-order valence-corrected chi connectivity index (χ4v) is 4.45. The summed E-state index contributed by atoms with van der Waals surface area (Å²) in [6, 6.07) is 8.56. The Kier molecular flexibility index (Phi) is 5.08. The van der Waals surface area contributed by atoms with Gasteiger partial charge in [0.05, 0.1) is 12.4 Å². The molecular weight excluding hydrogens is 378 g/mol. The number of aromatic nitrogens is 4. The van der Waals surface area contributed by atoms with Crippen LogP contribution in [-0.4, -0.2) is 57.6 Å². The van der Waals surface area contributed by atoms with E-state index in [-0.39, 0.29) is 11.6 Å². The third kappa shape index (κ3) is 3.75. The van der Waals surface area contributed by atoms with Crippen molar-refractivity contribution in [2.75, 3.05) is 43.4 Å². The molecular formula is C22H27N7O. The summed E-state index contributed by atoms with van der Waals surface area (Å²) in [6.07, 6.45) is 7.40. The molecule has 2 aliphatic rings. The van der Waals surface area contributed by atoms with E-state index in [1.165, 1.54) is 11.9 Å². The van der Waals surface area contributed by atoms with Crippen molar-refractivity contribution in [3.8, 4) is 0 Å². The molecule has 156 valence electrons. The largest absolute Gasteiger partial charge is 0.369 e. The summed E-state index contributed by atoms with van der Waals surface area (Å²) in [6.45, 7) is 4.26. The van der Waals surface area contributed by atoms with Crippen LogP contribution < -0.4 is 15.8 Å². The molecule has 0 amide bonds. The quantitative estimate of drug-likeness (QED) is 0.715. The highest BCUT2D eigenvalue weighted by Gasteiger charge is 2.21. The third-order valence-electron chi connectivity index (χ3n) is 6.21. The molecule has 1 saturated heterocycles. The highest BCUT2D eigenvalue weighted by atomic mass is 16.1. The second-order valence-corrected chi connectivity index (χ2v) is 8.27. The van der Waals surface area contributed by atoms with Crippen LogP contribution >= 0.6 is 0 Å². The highest BCUT2D eigenvalue weighted by molar-refractivity contribution is 5.71. The summed E-state index contributed by atoms with van der Waals surface area (Å²) in [4.78, 5) is 30.6. The summed E-state index contributed by atoms with van der Waals surface area (Å²) in [5, 5.41) is 3.28. The predicted octanol–water partition coefficient (Wildman–Crippen LogP) is 2.80. The topological polar surface area (TPSA) is 79.2 Å². The molecule has 1 aliphatic carbocycles. The SMILES string of the molecule is CN1CCN(c2ccc(Nc3ncc4ncc(=O)n(C5CCCC5)c4n3)cc2)CC1. The molecule has 0 unspecified atom stereocenters. The zero-order valence-electron chi connectivity index (χ0n) is 17.3. The summed E-state index contributed by atoms with van der Waals surface area (Å²) >= 11 is 0. The highest BCUT2D eigenvalue weighted by Crippen LogP contribution is 2.30. The molecule has 1 saturated carbocycles. The maximum absolute atomic E-state index is 12.5. The molecule has 8 heteroatoms. The molecule has 1 aromatic carbocycles. The van der Waals surface area contributed by atoms with Gasteiger partial charge in [-0.25, -0.2) is 9.97 Å². The molecule has 2 fully saturated rings. The molecule has 0 radical (unpaired) electrons. The Balaban J connectivity index is 1.39. The smallest absolute Gasteiger partial charge is 0.270 e. The van der Waals surface area contributed by atoms with Gasteiger partial charge in [-0.05, 0) is 44.2 Å². The maximum atomic E-state index is 12.5. The van der Waals surface area contributed by atoms with Crippen molar-refractivity contribution in [3.05, 3.63) is 47.0 Å². The van der Waals surface area contributed by atoms with Crippen molar-refractivity contribution >= 4 is 28.5 Å². The van der Waals surface area contributed by atoms with Gasteiger partial charge in [-0.3, -0.25) is 9.36 Å². The lowest BCUT2D eigenvalue weighted by molar-refractivity contribution is 0.313. The number of likely N-dealkylation sites (N-methyl/N-ethyl adjacent to an activating group) is 1. The average Bonchev–Trinajstić information content (AvgIpc) is 3.29. The van der Waals surface area contributed by atoms with Crippen LogP contribution in [0.15, 0.2) is 41.5 Å². The van der Waals surface area contributed by atoms with Crippen molar-refractivity contribution in [1.82, 2.24) is 24.4 Å². The van der Waals surface area contributed by atoms with Gasteiger partial charge in [-0.15, -0.1) is 0 Å². The lowest BCUT2D eigenvalue weighted by Gasteiger charge is -2.34. The molecule has 8 nitrogen and oxygen atoms in total. The van der Waals surface area contributed by atoms with E-state index in [1.54, 1.807) is 10.8 Å². The van der Waals surface area contributed by atoms with E-state index in [2.05, 4.69) is 61.4 Å². The number of benzene rings is 1. The van der Waals surface area contributed by atoms with Gasteiger partial charge in [0.1, 0.15) is 5.52 Å². The van der Waals surface area contributed by atoms with Crippen LogP contribution in [0.2, 0.25) is 0 Å². The first kappa shape index (κ1) is 19.0. The minimum Gasteiger partial charge on any atom is -0.369 e. The number of anilines is 3. The summed E-state index contributed by atoms with van der Waals surface area (Å²) < 4.78 is 1.80. The van der Waals surface area contributed by atoms with Crippen LogP contribution in [0, 0.1) is 0 Å². The Morgan fingerprint density at radius 1 is 0.967 bits per heavy atom. The Labute approximate surface area is 175 Å². The lowest BCUT2D eigenvalue weighted by Crippen LogP contribution is -2.44. The van der Waals surface area contributed by atoms with E-state index in [1.807, 2.05) is 0 Å². The Morgan fingerprint density at radius 3 is 2.43 bits per heavy atom. The second-order valence-electron chi connectivity index (χ2n) is 8.27. The second kappa shape index (κ2) is 8.02. The molecule has 3 heterocycles. The zero-order chi connectivity index (χ0) is 20.5. The summed E-state index contributed by atoms with van der Waals surface area (Å²) in [7, 11) is 2.16. The molecule has 0 spiro atoms. The number of hydrogen-bond acceptors (Lipinski definition) is 7. The van der Waals surface area contributed by atoms with Crippen LogP contribution in [0.1, 0.15) is 31.7 Å². The van der Waals surface area contributed by atoms with Crippen molar-refractivity contribution in [3.63, 3.8) is 0 Å². The van der Waals surface area contributed by atoms with E-state index in [4.69, 9.17) is 0 Å². The number of nitrogens with zero attached hydrogens (tertiary/aromatic N) is 6. The van der Waals surface area contributed by atoms with Crippen molar-refractivity contribution in [2.45, 2.75) is 31.7 Å². The fraction of sp³-hybridized carbons (Fsp3) is 0.455. The number of piperazine rings is 1. The van der Waals surface area contributed by atoms with Crippen LogP contribution in [-0.2, 0) is 0 Å². The van der Waals surface area contributed by atoms with Gasteiger partial charge in [-0.1, -0.05) is 12.8 Å². The van der Waals surface area contributed by atoms with Gasteiger partial charge in [0, 0.05) is 43.6 Å². The minimum absolute atomic E-state index is 0.0874. The molecule has 3 aromatic rings. The van der Waals surface area contributed by atoms with Crippen molar-refractivity contribution in [1.29, 1.82) is 0 Å². The molecule has 2 aromatic heterocycles. The average molecular weight is 406 g/mol. The van der Waals surface area contributed by atoms with E-state index in [0.29, 0.717) is 17.1 Å². The number of rotatable bonds is 4. The van der Waals surface area contributed by atoms with Gasteiger partial charge in [-0.2, -0.15) is 4.98 Å². The van der Waals surface area contributed by atoms with E-state index in [9.17, 15) is 4.79 Å². The fourth-order valence-electron chi connectivity index (χ4n) is 4.45. The lowest BCUT2D eigenvalue weighted by atomic mass is 10.2. The first-order valence-corrected chi connectivity index (χ1v) is 10.7. The number of hydrogen-bond donors (Lipinski definition) is 1. The van der Waals surface area contributed by atoms with Gasteiger partial charge >= 0.3 is 0 Å². The molecule has 30 heavy (non-hydrogen) atoms. The van der Waals surface area contributed by atoms with Crippen LogP contribution in [0.3, 0.4) is 0 Å². The molecule has 5 rings (SSSR count). The molecule has 1 N–H and O–H groups in total. The monoisotopic (exact) mass is 405 g/mol. The van der Waals surface area contributed by atoms with Gasteiger partial charge in [0.25, 0.3) is 5.56 Å². The molecule has 0 bridgehead atoms. The minimum atomic E-state index is -0.0874. The zero-order valence-corrected chi connectivity index (χ0v) is 17.3. The number of nitrogens with one attached hydrogen (secondary N) is 1. The van der Waals surface area contributed by atoms with Crippen molar-refractivity contribution < 1.29 is 0 Å². The first-order chi connectivity index (χ1) is 14.7. The van der Waals surface area contributed by atoms with E-state index < -0.39 is 0 Å². The van der Waals surface area contributed by atoms with Gasteiger partial charge in [0.2, 0.25) is 5.95 Å². The summed E-state index contributed by atoms with van der Waals surface area (Å²) in [5.41, 5.74) is 3.33. The Morgan fingerprint density at radius 2 is 1.70 bits per heavy atom. The molecule has 1 aliphatic heterocycles. The predicted molar refractivity (Wildman–Crippen MR) is 119 cm³/mol. The van der Waals surface area contributed by atoms with Gasteiger partial charge < -0.3 is 15.1 Å². The van der Waals surface area contributed by atoms with Crippen molar-refractivity contribution in [2.24, 2.45) is 0 Å². The standard InChI is InChI=1S/C22H27N7O/c1-27-10-12-28(13-11-27)17-8-6-16(7-9-17)25-22-24-14-19-21(26-22)29(20(30)15-23-19)18-4-2-3-5-18/h6-9,14-15,18H,2-5,10-13H2,1H3,(H,24,25,26). The van der Waals surface area contributed by atoms with Crippen LogP contribution in [0.4, 0.5) is 17.3 Å². The van der Waals surface area contributed by atoms with E-state index in [0.717, 1.165) is 57.5 Å². The van der Waals surface area contributed by atoms with Crippen LogP contribution in [0.25, 0.3) is 11.2 Å². The first-order valence-electron chi connectivity index (χ1n) is 10.7. The van der Waals surface area contributed by atoms with E-state index >= 15 is 0 Å². The Bertz CT molecular complexity index is 1080. The maximum Gasteiger partial charge on any atom is 0.270 e. The van der Waals surface area contributed by atoms with Gasteiger partial charge in [0.15, 0.2) is 5.65 Å².